The molecule has 0 aliphatic carbocycles. The SMILES string of the molecule is Clc1snnc1COc1ccc(CCCN2CCOCC2)cc1. The summed E-state index contributed by atoms with van der Waals surface area (Å²) < 4.78 is 15.4. The molecule has 0 unspecified atom stereocenters. The van der Waals surface area contributed by atoms with Crippen molar-refractivity contribution in [3.05, 3.63) is 39.9 Å². The molecule has 7 heteroatoms. The highest BCUT2D eigenvalue weighted by molar-refractivity contribution is 7.10. The van der Waals surface area contributed by atoms with Crippen molar-refractivity contribution in [2.24, 2.45) is 0 Å². The lowest BCUT2D eigenvalue weighted by Crippen LogP contribution is -2.36. The van der Waals surface area contributed by atoms with Crippen LogP contribution in [0.15, 0.2) is 24.3 Å². The zero-order valence-electron chi connectivity index (χ0n) is 12.9. The molecule has 1 aromatic heterocycles. The molecule has 124 valence electrons. The number of aryl methyl sites for hydroxylation is 1. The Kier molecular flexibility index (Phi) is 6.21. The number of ether oxygens (including phenoxy) is 2. The van der Waals surface area contributed by atoms with Gasteiger partial charge in [0.05, 0.1) is 13.2 Å². The van der Waals surface area contributed by atoms with Crippen LogP contribution in [0.5, 0.6) is 5.75 Å². The summed E-state index contributed by atoms with van der Waals surface area (Å²) in [6, 6.07) is 8.24. The van der Waals surface area contributed by atoms with Gasteiger partial charge in [0.15, 0.2) is 0 Å². The third-order valence-corrected chi connectivity index (χ3v) is 4.84. The van der Waals surface area contributed by atoms with Gasteiger partial charge in [-0.2, -0.15) is 0 Å². The minimum Gasteiger partial charge on any atom is -0.487 e. The number of aromatic nitrogens is 2. The van der Waals surface area contributed by atoms with Crippen molar-refractivity contribution < 1.29 is 9.47 Å². The molecule has 1 aromatic carbocycles. The lowest BCUT2D eigenvalue weighted by atomic mass is 10.1. The molecule has 2 heterocycles. The van der Waals surface area contributed by atoms with E-state index < -0.39 is 0 Å². The van der Waals surface area contributed by atoms with Crippen LogP contribution < -0.4 is 4.74 Å². The predicted octanol–water partition coefficient (Wildman–Crippen LogP) is 3.04. The van der Waals surface area contributed by atoms with Crippen LogP contribution in [0.1, 0.15) is 17.7 Å². The Morgan fingerprint density at radius 1 is 1.22 bits per heavy atom. The average Bonchev–Trinajstić information content (AvgIpc) is 3.00. The Hall–Kier alpha value is -1.21. The van der Waals surface area contributed by atoms with E-state index in [1.54, 1.807) is 0 Å². The fraction of sp³-hybridized carbons (Fsp3) is 0.500. The molecule has 1 aliphatic heterocycles. The Labute approximate surface area is 145 Å². The molecule has 0 saturated carbocycles. The molecule has 0 amide bonds. The van der Waals surface area contributed by atoms with E-state index in [1.165, 1.54) is 23.5 Å². The lowest BCUT2D eigenvalue weighted by molar-refractivity contribution is 0.0374. The number of morpholine rings is 1. The van der Waals surface area contributed by atoms with Crippen molar-refractivity contribution in [3.8, 4) is 5.75 Å². The molecule has 3 rings (SSSR count). The summed E-state index contributed by atoms with van der Waals surface area (Å²) >= 11 is 7.13. The molecule has 5 nitrogen and oxygen atoms in total. The molecule has 0 spiro atoms. The van der Waals surface area contributed by atoms with E-state index in [2.05, 4.69) is 26.6 Å². The maximum atomic E-state index is 5.95. The van der Waals surface area contributed by atoms with Gasteiger partial charge in [0, 0.05) is 24.6 Å². The summed E-state index contributed by atoms with van der Waals surface area (Å²) in [5.41, 5.74) is 2.02. The highest BCUT2D eigenvalue weighted by Crippen LogP contribution is 2.20. The topological polar surface area (TPSA) is 47.5 Å². The van der Waals surface area contributed by atoms with E-state index >= 15 is 0 Å². The molecule has 23 heavy (non-hydrogen) atoms. The summed E-state index contributed by atoms with van der Waals surface area (Å²) in [6.07, 6.45) is 2.25. The standard InChI is InChI=1S/C16H20ClN3O2S/c17-16-15(18-19-23-16)12-22-14-5-3-13(4-6-14)2-1-7-20-8-10-21-11-9-20/h3-6H,1-2,7-12H2. The fourth-order valence-electron chi connectivity index (χ4n) is 2.52. The van der Waals surface area contributed by atoms with Gasteiger partial charge in [0.1, 0.15) is 22.4 Å². The number of halogens is 1. The van der Waals surface area contributed by atoms with E-state index in [-0.39, 0.29) is 0 Å². The number of rotatable bonds is 7. The van der Waals surface area contributed by atoms with Gasteiger partial charge in [-0.25, -0.2) is 0 Å². The molecule has 0 N–H and O–H groups in total. The van der Waals surface area contributed by atoms with E-state index in [1.807, 2.05) is 12.1 Å². The summed E-state index contributed by atoms with van der Waals surface area (Å²) in [6.45, 7) is 5.33. The number of hydrogen-bond acceptors (Lipinski definition) is 6. The molecule has 0 bridgehead atoms. The van der Waals surface area contributed by atoms with Gasteiger partial charge < -0.3 is 9.47 Å². The minimum absolute atomic E-state index is 0.353. The third kappa shape index (κ3) is 5.14. The first-order valence-electron chi connectivity index (χ1n) is 7.80. The van der Waals surface area contributed by atoms with Gasteiger partial charge in [0.2, 0.25) is 0 Å². The number of nitrogens with zero attached hydrogens (tertiary/aromatic N) is 3. The zero-order valence-corrected chi connectivity index (χ0v) is 14.5. The first kappa shape index (κ1) is 16.6. The van der Waals surface area contributed by atoms with Crippen LogP contribution in [0.2, 0.25) is 4.34 Å². The quantitative estimate of drug-likeness (QED) is 0.765. The largest absolute Gasteiger partial charge is 0.487 e. The first-order chi connectivity index (χ1) is 11.3. The maximum absolute atomic E-state index is 5.95. The van der Waals surface area contributed by atoms with Crippen molar-refractivity contribution >= 4 is 23.1 Å². The molecule has 1 aliphatic rings. The first-order valence-corrected chi connectivity index (χ1v) is 8.95. The summed E-state index contributed by atoms with van der Waals surface area (Å²) in [4.78, 5) is 2.46. The van der Waals surface area contributed by atoms with Crippen molar-refractivity contribution in [3.63, 3.8) is 0 Å². The van der Waals surface area contributed by atoms with Gasteiger partial charge in [-0.05, 0) is 37.1 Å². The molecular formula is C16H20ClN3O2S. The van der Waals surface area contributed by atoms with Crippen LogP contribution in [0, 0.1) is 0 Å². The van der Waals surface area contributed by atoms with Crippen molar-refractivity contribution in [1.82, 2.24) is 14.5 Å². The molecule has 2 aromatic rings. The number of hydrogen-bond donors (Lipinski definition) is 0. The average molecular weight is 354 g/mol. The van der Waals surface area contributed by atoms with Gasteiger partial charge >= 0.3 is 0 Å². The Bertz CT molecular complexity index is 600. The maximum Gasteiger partial charge on any atom is 0.141 e. The number of benzene rings is 1. The summed E-state index contributed by atoms with van der Waals surface area (Å²) in [5, 5.41) is 3.93. The van der Waals surface area contributed by atoms with Crippen LogP contribution in [0.3, 0.4) is 0 Å². The van der Waals surface area contributed by atoms with E-state index in [4.69, 9.17) is 21.1 Å². The molecule has 0 radical (unpaired) electrons. The Morgan fingerprint density at radius 2 is 2.00 bits per heavy atom. The van der Waals surface area contributed by atoms with E-state index in [9.17, 15) is 0 Å². The third-order valence-electron chi connectivity index (χ3n) is 3.85. The van der Waals surface area contributed by atoms with Crippen LogP contribution in [-0.4, -0.2) is 47.3 Å². The minimum atomic E-state index is 0.353. The molecular weight excluding hydrogens is 334 g/mol. The van der Waals surface area contributed by atoms with Crippen molar-refractivity contribution in [1.29, 1.82) is 0 Å². The summed E-state index contributed by atoms with van der Waals surface area (Å²) in [7, 11) is 0. The van der Waals surface area contributed by atoms with Crippen LogP contribution in [0.4, 0.5) is 0 Å². The van der Waals surface area contributed by atoms with E-state index in [0.29, 0.717) is 16.6 Å². The smallest absolute Gasteiger partial charge is 0.141 e. The van der Waals surface area contributed by atoms with Gasteiger partial charge in [-0.1, -0.05) is 28.2 Å². The Balaban J connectivity index is 1.40. The monoisotopic (exact) mass is 353 g/mol. The summed E-state index contributed by atoms with van der Waals surface area (Å²) in [5.74, 6) is 0.825. The highest BCUT2D eigenvalue weighted by atomic mass is 35.5. The van der Waals surface area contributed by atoms with Crippen molar-refractivity contribution in [2.45, 2.75) is 19.4 Å². The lowest BCUT2D eigenvalue weighted by Gasteiger charge is -2.26. The highest BCUT2D eigenvalue weighted by Gasteiger charge is 2.09. The van der Waals surface area contributed by atoms with Crippen LogP contribution in [-0.2, 0) is 17.8 Å². The van der Waals surface area contributed by atoms with Crippen molar-refractivity contribution in [2.75, 3.05) is 32.8 Å². The van der Waals surface area contributed by atoms with Gasteiger partial charge in [-0.15, -0.1) is 5.10 Å². The molecule has 0 atom stereocenters. The van der Waals surface area contributed by atoms with Crippen LogP contribution in [0.25, 0.3) is 0 Å². The second-order valence-electron chi connectivity index (χ2n) is 5.48. The second kappa shape index (κ2) is 8.59. The predicted molar refractivity (Wildman–Crippen MR) is 91.3 cm³/mol. The van der Waals surface area contributed by atoms with Crippen LogP contribution >= 0.6 is 23.1 Å². The molecule has 1 fully saturated rings. The van der Waals surface area contributed by atoms with E-state index in [0.717, 1.165) is 45.0 Å². The zero-order chi connectivity index (χ0) is 15.9. The molecule has 1 saturated heterocycles. The fourth-order valence-corrected chi connectivity index (χ4v) is 3.12. The second-order valence-corrected chi connectivity index (χ2v) is 6.84. The normalized spacial score (nSPS) is 15.7. The van der Waals surface area contributed by atoms with Gasteiger partial charge in [-0.3, -0.25) is 4.90 Å². The van der Waals surface area contributed by atoms with Gasteiger partial charge in [0.25, 0.3) is 0 Å². The Morgan fingerprint density at radius 3 is 2.70 bits per heavy atom.